The second kappa shape index (κ2) is 5.15. The number of rotatable bonds is 4. The van der Waals surface area contributed by atoms with Crippen molar-refractivity contribution in [3.63, 3.8) is 0 Å². The van der Waals surface area contributed by atoms with Gasteiger partial charge in [0.2, 0.25) is 0 Å². The van der Waals surface area contributed by atoms with Crippen molar-refractivity contribution in [1.29, 1.82) is 0 Å². The van der Waals surface area contributed by atoms with Crippen LogP contribution in [0.4, 0.5) is 0 Å². The van der Waals surface area contributed by atoms with Crippen LogP contribution in [0.3, 0.4) is 0 Å². The summed E-state index contributed by atoms with van der Waals surface area (Å²) in [5.74, 6) is 0. The molecule has 0 saturated carbocycles. The molecule has 0 aromatic carbocycles. The fourth-order valence-corrected chi connectivity index (χ4v) is 5.28. The van der Waals surface area contributed by atoms with Crippen molar-refractivity contribution in [3.8, 4) is 0 Å². The molecule has 2 heterocycles. The predicted molar refractivity (Wildman–Crippen MR) is 64.9 cm³/mol. The van der Waals surface area contributed by atoms with Gasteiger partial charge < -0.3 is 9.84 Å². The Hall–Kier alpha value is 0.0700. The average molecular weight is 246 g/mol. The second-order valence-corrected chi connectivity index (χ2v) is 7.07. The van der Waals surface area contributed by atoms with Crippen LogP contribution in [-0.4, -0.2) is 38.6 Å². The molecular formula is C12H22O3S. The molecule has 2 bridgehead atoms. The van der Waals surface area contributed by atoms with Crippen molar-refractivity contribution in [1.82, 2.24) is 0 Å². The van der Waals surface area contributed by atoms with Gasteiger partial charge in [-0.1, -0.05) is 6.42 Å². The lowest BCUT2D eigenvalue weighted by atomic mass is 9.83. The molecule has 2 aliphatic rings. The van der Waals surface area contributed by atoms with E-state index in [-0.39, 0.29) is 10.5 Å². The lowest BCUT2D eigenvalue weighted by Gasteiger charge is -2.43. The van der Waals surface area contributed by atoms with E-state index in [4.69, 9.17) is 4.74 Å². The molecule has 94 valence electrons. The lowest BCUT2D eigenvalue weighted by Crippen LogP contribution is -2.49. The molecule has 0 aromatic heterocycles. The quantitative estimate of drug-likeness (QED) is 0.767. The fourth-order valence-electron chi connectivity index (χ4n) is 2.99. The van der Waals surface area contributed by atoms with Gasteiger partial charge in [0.05, 0.1) is 5.60 Å². The van der Waals surface area contributed by atoms with Crippen LogP contribution in [0.25, 0.3) is 0 Å². The molecule has 2 aliphatic heterocycles. The molecule has 3 nitrogen and oxygen atoms in total. The Labute approximate surface area is 100 Å². The van der Waals surface area contributed by atoms with E-state index in [1.165, 1.54) is 6.42 Å². The highest BCUT2D eigenvalue weighted by Crippen LogP contribution is 2.40. The van der Waals surface area contributed by atoms with Crippen molar-refractivity contribution < 1.29 is 14.1 Å². The first kappa shape index (κ1) is 12.5. The Balaban J connectivity index is 1.94. The Morgan fingerprint density at radius 1 is 1.38 bits per heavy atom. The number of aliphatic hydroxyl groups is 1. The van der Waals surface area contributed by atoms with Gasteiger partial charge in [0, 0.05) is 34.5 Å². The summed E-state index contributed by atoms with van der Waals surface area (Å²) >= 11 is 0. The minimum absolute atomic E-state index is 0.235. The summed E-state index contributed by atoms with van der Waals surface area (Å²) in [6, 6.07) is 0. The molecule has 4 heteroatoms. The summed E-state index contributed by atoms with van der Waals surface area (Å²) in [5.41, 5.74) is -0.612. The van der Waals surface area contributed by atoms with E-state index in [1.54, 1.807) is 0 Å². The summed E-state index contributed by atoms with van der Waals surface area (Å²) in [7, 11) is -0.691. The molecule has 2 saturated heterocycles. The first-order chi connectivity index (χ1) is 7.64. The van der Waals surface area contributed by atoms with Crippen molar-refractivity contribution in [2.75, 3.05) is 13.2 Å². The molecular weight excluding hydrogens is 224 g/mol. The Morgan fingerprint density at radius 3 is 2.56 bits per heavy atom. The Morgan fingerprint density at radius 2 is 2.00 bits per heavy atom. The summed E-state index contributed by atoms with van der Waals surface area (Å²) < 4.78 is 17.3. The third kappa shape index (κ3) is 2.66. The molecule has 0 spiro atoms. The lowest BCUT2D eigenvalue weighted by molar-refractivity contribution is -0.0203. The van der Waals surface area contributed by atoms with Crippen molar-refractivity contribution >= 4 is 10.8 Å². The third-order valence-electron chi connectivity index (χ3n) is 3.84. The van der Waals surface area contributed by atoms with E-state index in [2.05, 4.69) is 0 Å². The van der Waals surface area contributed by atoms with Gasteiger partial charge in [0.25, 0.3) is 0 Å². The van der Waals surface area contributed by atoms with Crippen LogP contribution in [0.15, 0.2) is 0 Å². The number of ether oxygens (including phenoxy) is 1. The van der Waals surface area contributed by atoms with E-state index >= 15 is 0 Å². The summed E-state index contributed by atoms with van der Waals surface area (Å²) in [6.45, 7) is 3.29. The molecule has 1 N–H and O–H groups in total. The van der Waals surface area contributed by atoms with Crippen LogP contribution in [0.1, 0.15) is 45.4 Å². The molecule has 0 radical (unpaired) electrons. The number of fused-ring (bicyclic) bond motifs is 2. The minimum Gasteiger partial charge on any atom is -0.390 e. The standard InChI is InChI=1S/C12H22O3S/c1-2-15-7-6-12(13)8-10-4-3-5-11(9-12)16(10)14/h10-11,13H,2-9H2,1H3. The molecule has 2 rings (SSSR count). The zero-order chi connectivity index (χ0) is 11.6. The smallest absolute Gasteiger partial charge is 0.0692 e. The van der Waals surface area contributed by atoms with Crippen LogP contribution in [0.5, 0.6) is 0 Å². The first-order valence-corrected chi connectivity index (χ1v) is 7.62. The molecule has 2 unspecified atom stereocenters. The summed E-state index contributed by atoms with van der Waals surface area (Å²) in [6.07, 6.45) is 5.36. The average Bonchev–Trinajstić information content (AvgIpc) is 2.21. The van der Waals surface area contributed by atoms with Crippen LogP contribution in [0, 0.1) is 0 Å². The topological polar surface area (TPSA) is 46.5 Å². The van der Waals surface area contributed by atoms with Crippen LogP contribution in [-0.2, 0) is 15.5 Å². The summed E-state index contributed by atoms with van der Waals surface area (Å²) in [5, 5.41) is 11.0. The molecule has 0 amide bonds. The maximum Gasteiger partial charge on any atom is 0.0692 e. The predicted octanol–water partition coefficient (Wildman–Crippen LogP) is 1.61. The van der Waals surface area contributed by atoms with Crippen LogP contribution in [0.2, 0.25) is 0 Å². The Bertz CT molecular complexity index is 251. The van der Waals surface area contributed by atoms with E-state index in [0.29, 0.717) is 32.5 Å². The van der Waals surface area contributed by atoms with Crippen LogP contribution >= 0.6 is 0 Å². The first-order valence-electron chi connectivity index (χ1n) is 6.34. The third-order valence-corrected chi connectivity index (χ3v) is 5.96. The molecule has 2 atom stereocenters. The van der Waals surface area contributed by atoms with Gasteiger partial charge >= 0.3 is 0 Å². The largest absolute Gasteiger partial charge is 0.390 e. The monoisotopic (exact) mass is 246 g/mol. The second-order valence-electron chi connectivity index (χ2n) is 5.08. The van der Waals surface area contributed by atoms with Gasteiger partial charge in [-0.15, -0.1) is 0 Å². The Kier molecular flexibility index (Phi) is 4.03. The highest BCUT2D eigenvalue weighted by atomic mass is 32.2. The molecule has 16 heavy (non-hydrogen) atoms. The van der Waals surface area contributed by atoms with Gasteiger partial charge in [0.1, 0.15) is 0 Å². The fraction of sp³-hybridized carbons (Fsp3) is 1.00. The van der Waals surface area contributed by atoms with E-state index in [9.17, 15) is 9.32 Å². The number of hydrogen-bond donors (Lipinski definition) is 1. The van der Waals surface area contributed by atoms with Gasteiger partial charge in [-0.3, -0.25) is 4.21 Å². The van der Waals surface area contributed by atoms with Gasteiger partial charge in [0.15, 0.2) is 0 Å². The van der Waals surface area contributed by atoms with Crippen molar-refractivity contribution in [2.45, 2.75) is 61.5 Å². The number of hydrogen-bond acceptors (Lipinski definition) is 3. The van der Waals surface area contributed by atoms with Gasteiger partial charge in [-0.2, -0.15) is 0 Å². The van der Waals surface area contributed by atoms with E-state index < -0.39 is 16.4 Å². The zero-order valence-electron chi connectivity index (χ0n) is 9.98. The summed E-state index contributed by atoms with van der Waals surface area (Å²) in [4.78, 5) is 0. The normalized spacial score (nSPS) is 43.2. The highest BCUT2D eigenvalue weighted by Gasteiger charge is 2.45. The zero-order valence-corrected chi connectivity index (χ0v) is 10.8. The maximum absolute atomic E-state index is 12.0. The SMILES string of the molecule is CCOCCC1(O)CC2CCCC(C1)S2=O. The molecule has 0 aliphatic carbocycles. The van der Waals surface area contributed by atoms with Gasteiger partial charge in [-0.25, -0.2) is 0 Å². The molecule has 0 aromatic rings. The maximum atomic E-state index is 12.0. The highest BCUT2D eigenvalue weighted by molar-refractivity contribution is 7.86. The van der Waals surface area contributed by atoms with E-state index in [1.807, 2.05) is 6.92 Å². The minimum atomic E-state index is -0.691. The van der Waals surface area contributed by atoms with E-state index in [0.717, 1.165) is 12.8 Å². The van der Waals surface area contributed by atoms with Crippen molar-refractivity contribution in [3.05, 3.63) is 0 Å². The molecule has 2 fully saturated rings. The van der Waals surface area contributed by atoms with Crippen molar-refractivity contribution in [2.24, 2.45) is 0 Å². The van der Waals surface area contributed by atoms with Crippen LogP contribution < -0.4 is 0 Å². The van der Waals surface area contributed by atoms with Gasteiger partial charge in [-0.05, 0) is 39.0 Å².